The van der Waals surface area contributed by atoms with Crippen molar-refractivity contribution in [3.63, 3.8) is 0 Å². The van der Waals surface area contributed by atoms with E-state index >= 15 is 0 Å². The molecule has 1 aromatic rings. The van der Waals surface area contributed by atoms with Crippen molar-refractivity contribution in [2.24, 2.45) is 0 Å². The van der Waals surface area contributed by atoms with Gasteiger partial charge < -0.3 is 9.47 Å². The lowest BCUT2D eigenvalue weighted by Gasteiger charge is -2.27. The summed E-state index contributed by atoms with van der Waals surface area (Å²) in [5, 5.41) is 0. The van der Waals surface area contributed by atoms with E-state index < -0.39 is 0 Å². The van der Waals surface area contributed by atoms with E-state index in [-0.39, 0.29) is 12.2 Å². The third-order valence-electron chi connectivity index (χ3n) is 2.47. The van der Waals surface area contributed by atoms with Gasteiger partial charge in [0.05, 0.1) is 6.61 Å². The Morgan fingerprint density at radius 2 is 2.13 bits per heavy atom. The van der Waals surface area contributed by atoms with Crippen molar-refractivity contribution in [1.82, 2.24) is 0 Å². The van der Waals surface area contributed by atoms with Crippen molar-refractivity contribution in [2.75, 3.05) is 6.61 Å². The SMILES string of the molecule is C#CC1CC(Oc2ccccc2)CCO1. The third kappa shape index (κ3) is 2.74. The van der Waals surface area contributed by atoms with Gasteiger partial charge in [-0.15, -0.1) is 6.42 Å². The van der Waals surface area contributed by atoms with Crippen LogP contribution in [0.25, 0.3) is 0 Å². The Morgan fingerprint density at radius 3 is 2.87 bits per heavy atom. The molecule has 0 amide bonds. The van der Waals surface area contributed by atoms with Crippen molar-refractivity contribution >= 4 is 0 Å². The fourth-order valence-electron chi connectivity index (χ4n) is 1.68. The van der Waals surface area contributed by atoms with E-state index in [2.05, 4.69) is 5.92 Å². The van der Waals surface area contributed by atoms with Gasteiger partial charge in [0, 0.05) is 12.8 Å². The second kappa shape index (κ2) is 4.86. The van der Waals surface area contributed by atoms with E-state index in [1.54, 1.807) is 0 Å². The molecule has 1 aromatic carbocycles. The molecule has 0 radical (unpaired) electrons. The summed E-state index contributed by atoms with van der Waals surface area (Å²) in [6.45, 7) is 0.687. The van der Waals surface area contributed by atoms with Gasteiger partial charge in [-0.2, -0.15) is 0 Å². The number of hydrogen-bond donors (Lipinski definition) is 0. The van der Waals surface area contributed by atoms with Gasteiger partial charge in [-0.05, 0) is 12.1 Å². The molecule has 0 bridgehead atoms. The van der Waals surface area contributed by atoms with E-state index in [0.717, 1.165) is 18.6 Å². The fraction of sp³-hybridized carbons (Fsp3) is 0.385. The highest BCUT2D eigenvalue weighted by molar-refractivity contribution is 5.21. The lowest BCUT2D eigenvalue weighted by atomic mass is 10.1. The van der Waals surface area contributed by atoms with Crippen LogP contribution >= 0.6 is 0 Å². The molecular weight excluding hydrogens is 188 g/mol. The Morgan fingerprint density at radius 1 is 1.33 bits per heavy atom. The third-order valence-corrected chi connectivity index (χ3v) is 2.47. The summed E-state index contributed by atoms with van der Waals surface area (Å²) >= 11 is 0. The second-order valence-corrected chi connectivity index (χ2v) is 3.60. The molecule has 1 fully saturated rings. The molecule has 0 aromatic heterocycles. The molecule has 1 saturated heterocycles. The van der Waals surface area contributed by atoms with Crippen LogP contribution in [0.3, 0.4) is 0 Å². The van der Waals surface area contributed by atoms with E-state index in [1.165, 1.54) is 0 Å². The average Bonchev–Trinajstić information content (AvgIpc) is 2.31. The first-order valence-corrected chi connectivity index (χ1v) is 5.18. The number of benzene rings is 1. The van der Waals surface area contributed by atoms with Gasteiger partial charge in [0.15, 0.2) is 0 Å². The molecule has 15 heavy (non-hydrogen) atoms. The van der Waals surface area contributed by atoms with Crippen LogP contribution in [0, 0.1) is 12.3 Å². The van der Waals surface area contributed by atoms with E-state index in [1.807, 2.05) is 30.3 Å². The monoisotopic (exact) mass is 202 g/mol. The van der Waals surface area contributed by atoms with Crippen LogP contribution in [-0.4, -0.2) is 18.8 Å². The van der Waals surface area contributed by atoms with Crippen molar-refractivity contribution in [3.8, 4) is 18.1 Å². The number of terminal acetylenes is 1. The van der Waals surface area contributed by atoms with Crippen LogP contribution < -0.4 is 4.74 Å². The number of ether oxygens (including phenoxy) is 2. The largest absolute Gasteiger partial charge is 0.490 e. The normalized spacial score (nSPS) is 25.5. The molecule has 2 rings (SSSR count). The summed E-state index contributed by atoms with van der Waals surface area (Å²) in [7, 11) is 0. The fourth-order valence-corrected chi connectivity index (χ4v) is 1.68. The van der Waals surface area contributed by atoms with Crippen LogP contribution in [0.5, 0.6) is 5.75 Å². The molecule has 0 spiro atoms. The molecule has 2 atom stereocenters. The summed E-state index contributed by atoms with van der Waals surface area (Å²) < 4.78 is 11.2. The minimum atomic E-state index is -0.0903. The van der Waals surface area contributed by atoms with Crippen molar-refractivity contribution in [2.45, 2.75) is 25.0 Å². The minimum absolute atomic E-state index is 0.0903. The summed E-state index contributed by atoms with van der Waals surface area (Å²) in [5.74, 6) is 3.52. The zero-order valence-corrected chi connectivity index (χ0v) is 8.56. The molecule has 0 saturated carbocycles. The average molecular weight is 202 g/mol. The number of rotatable bonds is 2. The van der Waals surface area contributed by atoms with Crippen LogP contribution in [0.2, 0.25) is 0 Å². The summed E-state index contributed by atoms with van der Waals surface area (Å²) in [4.78, 5) is 0. The molecule has 2 heteroatoms. The molecule has 1 aliphatic rings. The molecule has 0 aliphatic carbocycles. The van der Waals surface area contributed by atoms with Crippen molar-refractivity contribution in [1.29, 1.82) is 0 Å². The molecule has 1 aliphatic heterocycles. The molecule has 2 nitrogen and oxygen atoms in total. The lowest BCUT2D eigenvalue weighted by molar-refractivity contribution is -0.00694. The van der Waals surface area contributed by atoms with Crippen LogP contribution in [0.4, 0.5) is 0 Å². The van der Waals surface area contributed by atoms with Crippen LogP contribution in [0.1, 0.15) is 12.8 Å². The Labute approximate surface area is 90.2 Å². The topological polar surface area (TPSA) is 18.5 Å². The Kier molecular flexibility index (Phi) is 3.26. The molecule has 78 valence electrons. The predicted molar refractivity (Wildman–Crippen MR) is 58.7 cm³/mol. The van der Waals surface area contributed by atoms with E-state index in [0.29, 0.717) is 6.61 Å². The number of para-hydroxylation sites is 1. The van der Waals surface area contributed by atoms with Gasteiger partial charge in [-0.3, -0.25) is 0 Å². The molecule has 2 unspecified atom stereocenters. The van der Waals surface area contributed by atoms with Gasteiger partial charge in [-0.1, -0.05) is 24.1 Å². The second-order valence-electron chi connectivity index (χ2n) is 3.60. The van der Waals surface area contributed by atoms with Crippen molar-refractivity contribution < 1.29 is 9.47 Å². The first kappa shape index (κ1) is 10.1. The molecular formula is C13H14O2. The Bertz CT molecular complexity index is 339. The van der Waals surface area contributed by atoms with Crippen molar-refractivity contribution in [3.05, 3.63) is 30.3 Å². The van der Waals surface area contributed by atoms with Gasteiger partial charge in [0.1, 0.15) is 18.0 Å². The highest BCUT2D eigenvalue weighted by Crippen LogP contribution is 2.20. The standard InChI is InChI=1S/C13H14O2/c1-2-11-10-13(8-9-14-11)15-12-6-4-3-5-7-12/h1,3-7,11,13H,8-10H2. The maximum absolute atomic E-state index is 5.81. The zero-order chi connectivity index (χ0) is 10.5. The predicted octanol–water partition coefficient (Wildman–Crippen LogP) is 2.25. The van der Waals surface area contributed by atoms with Gasteiger partial charge in [0.2, 0.25) is 0 Å². The van der Waals surface area contributed by atoms with Gasteiger partial charge in [-0.25, -0.2) is 0 Å². The Hall–Kier alpha value is -1.46. The maximum atomic E-state index is 5.81. The zero-order valence-electron chi connectivity index (χ0n) is 8.56. The Balaban J connectivity index is 1.93. The smallest absolute Gasteiger partial charge is 0.121 e. The van der Waals surface area contributed by atoms with Crippen LogP contribution in [-0.2, 0) is 4.74 Å². The first-order valence-electron chi connectivity index (χ1n) is 5.18. The highest BCUT2D eigenvalue weighted by atomic mass is 16.5. The highest BCUT2D eigenvalue weighted by Gasteiger charge is 2.22. The molecule has 0 N–H and O–H groups in total. The van der Waals surface area contributed by atoms with Gasteiger partial charge in [0.25, 0.3) is 0 Å². The quantitative estimate of drug-likeness (QED) is 0.685. The van der Waals surface area contributed by atoms with E-state index in [4.69, 9.17) is 15.9 Å². The van der Waals surface area contributed by atoms with Gasteiger partial charge >= 0.3 is 0 Å². The minimum Gasteiger partial charge on any atom is -0.490 e. The summed E-state index contributed by atoms with van der Waals surface area (Å²) in [6.07, 6.45) is 7.11. The van der Waals surface area contributed by atoms with Crippen LogP contribution in [0.15, 0.2) is 30.3 Å². The number of hydrogen-bond acceptors (Lipinski definition) is 2. The summed E-state index contributed by atoms with van der Waals surface area (Å²) in [5.41, 5.74) is 0. The first-order chi connectivity index (χ1) is 7.38. The molecule has 1 heterocycles. The maximum Gasteiger partial charge on any atom is 0.121 e. The van der Waals surface area contributed by atoms with E-state index in [9.17, 15) is 0 Å². The lowest BCUT2D eigenvalue weighted by Crippen LogP contribution is -2.31. The summed E-state index contributed by atoms with van der Waals surface area (Å²) in [6, 6.07) is 9.82.